The average Bonchev–Trinajstić information content (AvgIpc) is 2.25. The van der Waals surface area contributed by atoms with E-state index in [1.807, 2.05) is 0 Å². The number of hydrogen-bond acceptors (Lipinski definition) is 3. The van der Waals surface area contributed by atoms with E-state index in [1.165, 1.54) is 0 Å². The fraction of sp³-hybridized carbons (Fsp3) is 0.917. The second kappa shape index (κ2) is 9.42. The van der Waals surface area contributed by atoms with Crippen molar-refractivity contribution in [3.05, 3.63) is 0 Å². The van der Waals surface area contributed by atoms with Gasteiger partial charge >= 0.3 is 14.0 Å². The number of carboxylic acid groups (broad SMARTS) is 1. The third-order valence-electron chi connectivity index (χ3n) is 3.14. The molecule has 0 bridgehead atoms. The zero-order valence-electron chi connectivity index (χ0n) is 11.2. The Kier molecular flexibility index (Phi) is 9.16. The highest BCUT2D eigenvalue weighted by molar-refractivity contribution is 7.39. The molecular weight excluding hydrogens is 253 g/mol. The van der Waals surface area contributed by atoms with Gasteiger partial charge in [-0.15, -0.1) is 0 Å². The van der Waals surface area contributed by atoms with Crippen LogP contribution in [0.3, 0.4) is 0 Å². The van der Waals surface area contributed by atoms with Crippen LogP contribution in [0.15, 0.2) is 0 Å². The third-order valence-corrected chi connectivity index (χ3v) is 4.48. The molecule has 0 aliphatic carbocycles. The van der Waals surface area contributed by atoms with Crippen LogP contribution in [0.1, 0.15) is 52.4 Å². The van der Waals surface area contributed by atoms with Gasteiger partial charge in [0.15, 0.2) is 0 Å². The summed E-state index contributed by atoms with van der Waals surface area (Å²) in [6.45, 7) is 3.70. The second-order valence-electron chi connectivity index (χ2n) is 4.80. The second-order valence-corrected chi connectivity index (χ2v) is 6.00. The largest absolute Gasteiger partial charge is 0.511 e. The minimum atomic E-state index is -2.56. The van der Waals surface area contributed by atoms with Crippen molar-refractivity contribution in [2.75, 3.05) is 0 Å². The van der Waals surface area contributed by atoms with E-state index >= 15 is 0 Å². The van der Waals surface area contributed by atoms with E-state index in [0.717, 1.165) is 32.1 Å². The minimum Gasteiger partial charge on any atom is -0.481 e. The van der Waals surface area contributed by atoms with Crippen LogP contribution in [0.5, 0.6) is 0 Å². The Morgan fingerprint density at radius 3 is 2.22 bits per heavy atom. The number of nitrogens with two attached hydrogens (primary N) is 1. The molecule has 5 nitrogen and oxygen atoms in total. The normalized spacial score (nSPS) is 17.0. The Morgan fingerprint density at radius 2 is 1.83 bits per heavy atom. The Balaban J connectivity index is 4.36. The lowest BCUT2D eigenvalue weighted by atomic mass is 9.94. The van der Waals surface area contributed by atoms with Gasteiger partial charge in [0, 0.05) is 0 Å². The van der Waals surface area contributed by atoms with Crippen LogP contribution in [0, 0.1) is 5.92 Å². The van der Waals surface area contributed by atoms with E-state index in [2.05, 4.69) is 6.92 Å². The van der Waals surface area contributed by atoms with Crippen LogP contribution >= 0.6 is 8.03 Å². The molecule has 0 aliphatic rings. The number of unbranched alkanes of at least 4 members (excludes halogenated alkanes) is 4. The molecule has 0 rings (SSSR count). The monoisotopic (exact) mass is 278 g/mol. The zero-order valence-corrected chi connectivity index (χ0v) is 12.1. The fourth-order valence-electron chi connectivity index (χ4n) is 2.13. The molecule has 0 saturated heterocycles. The van der Waals surface area contributed by atoms with E-state index in [1.54, 1.807) is 6.92 Å². The molecule has 0 aromatic rings. The molecule has 4 unspecified atom stereocenters. The van der Waals surface area contributed by atoms with Crippen molar-refractivity contribution in [3.8, 4) is 0 Å². The van der Waals surface area contributed by atoms with Crippen LogP contribution < -0.4 is 5.73 Å². The Bertz CT molecular complexity index is 271. The van der Waals surface area contributed by atoms with Crippen molar-refractivity contribution in [2.24, 2.45) is 11.7 Å². The van der Waals surface area contributed by atoms with Crippen LogP contribution in [-0.4, -0.2) is 27.7 Å². The average molecular weight is 278 g/mol. The molecular formula is C12H25NO4P+. The molecule has 0 radical (unpaired) electrons. The first-order chi connectivity index (χ1) is 8.41. The van der Waals surface area contributed by atoms with Crippen molar-refractivity contribution in [3.63, 3.8) is 0 Å². The van der Waals surface area contributed by atoms with Crippen LogP contribution in [0.25, 0.3) is 0 Å². The predicted octanol–water partition coefficient (Wildman–Crippen LogP) is 2.50. The molecule has 0 aromatic carbocycles. The van der Waals surface area contributed by atoms with Crippen molar-refractivity contribution in [1.29, 1.82) is 0 Å². The summed E-state index contributed by atoms with van der Waals surface area (Å²) < 4.78 is 11.2. The Labute approximate surface area is 110 Å². The molecule has 4 N–H and O–H groups in total. The van der Waals surface area contributed by atoms with E-state index in [4.69, 9.17) is 10.8 Å². The van der Waals surface area contributed by atoms with Gasteiger partial charge < -0.3 is 10.8 Å². The summed E-state index contributed by atoms with van der Waals surface area (Å²) in [6.07, 6.45) is 5.51. The molecule has 18 heavy (non-hydrogen) atoms. The topological polar surface area (TPSA) is 101 Å². The Morgan fingerprint density at radius 1 is 1.28 bits per heavy atom. The maximum Gasteiger partial charge on any atom is 0.511 e. The van der Waals surface area contributed by atoms with Crippen molar-refractivity contribution in [1.82, 2.24) is 0 Å². The molecule has 0 spiro atoms. The SMILES string of the molecule is CCCCCCCC(C(=O)O)C(C(C)N)[P+](=O)O. The molecule has 0 aliphatic heterocycles. The fourth-order valence-corrected chi connectivity index (χ4v) is 3.12. The minimum absolute atomic E-state index is 0.423. The standard InChI is InChI=1S/C12H24NO4P/c1-3-4-5-6-7-8-10(12(14)15)11(9(2)13)18(16)17/h9-11H,3-8,13H2,1-2H3,(H-,14,15,16,17)/p+1. The predicted molar refractivity (Wildman–Crippen MR) is 71.8 cm³/mol. The molecule has 0 fully saturated rings. The van der Waals surface area contributed by atoms with Gasteiger partial charge in [-0.05, 0) is 17.9 Å². The molecule has 4 atom stereocenters. The first-order valence-electron chi connectivity index (χ1n) is 6.55. The maximum atomic E-state index is 11.2. The highest BCUT2D eigenvalue weighted by atomic mass is 31.1. The summed E-state index contributed by atoms with van der Waals surface area (Å²) in [5.74, 6) is -1.84. The third kappa shape index (κ3) is 6.43. The van der Waals surface area contributed by atoms with E-state index in [9.17, 15) is 14.3 Å². The summed E-state index contributed by atoms with van der Waals surface area (Å²) in [7, 11) is -2.56. The van der Waals surface area contributed by atoms with E-state index < -0.39 is 31.6 Å². The Hall–Kier alpha value is -0.510. The number of carboxylic acids is 1. The lowest BCUT2D eigenvalue weighted by Crippen LogP contribution is -2.39. The molecule has 106 valence electrons. The number of rotatable bonds is 10. The van der Waals surface area contributed by atoms with Gasteiger partial charge in [-0.2, -0.15) is 4.89 Å². The highest BCUT2D eigenvalue weighted by Crippen LogP contribution is 2.34. The first kappa shape index (κ1) is 17.5. The van der Waals surface area contributed by atoms with Gasteiger partial charge in [0.2, 0.25) is 5.66 Å². The molecule has 0 saturated carbocycles. The summed E-state index contributed by atoms with van der Waals surface area (Å²) in [4.78, 5) is 20.4. The van der Waals surface area contributed by atoms with E-state index in [-0.39, 0.29) is 0 Å². The summed E-state index contributed by atoms with van der Waals surface area (Å²) in [6, 6.07) is -0.588. The lowest BCUT2D eigenvalue weighted by Gasteiger charge is -2.17. The van der Waals surface area contributed by atoms with Crippen molar-refractivity contribution in [2.45, 2.75) is 64.1 Å². The first-order valence-corrected chi connectivity index (χ1v) is 7.83. The number of hydrogen-bond donors (Lipinski definition) is 3. The van der Waals surface area contributed by atoms with Crippen molar-refractivity contribution >= 4 is 14.0 Å². The van der Waals surface area contributed by atoms with E-state index in [0.29, 0.717) is 6.42 Å². The van der Waals surface area contributed by atoms with Gasteiger partial charge in [-0.3, -0.25) is 4.79 Å². The number of carbonyl (C=O) groups is 1. The smallest absolute Gasteiger partial charge is 0.481 e. The van der Waals surface area contributed by atoms with Crippen LogP contribution in [-0.2, 0) is 9.36 Å². The summed E-state index contributed by atoms with van der Waals surface area (Å²) in [5.41, 5.74) is 4.76. The molecule has 6 heteroatoms. The lowest BCUT2D eigenvalue weighted by molar-refractivity contribution is -0.142. The molecule has 0 heterocycles. The number of aliphatic carboxylic acids is 1. The highest BCUT2D eigenvalue weighted by Gasteiger charge is 2.44. The quantitative estimate of drug-likeness (QED) is 0.421. The molecule has 0 aromatic heterocycles. The van der Waals surface area contributed by atoms with Gasteiger partial charge in [0.05, 0.1) is 6.04 Å². The van der Waals surface area contributed by atoms with Gasteiger partial charge in [-0.25, -0.2) is 0 Å². The van der Waals surface area contributed by atoms with Gasteiger partial charge in [-0.1, -0.05) is 39.0 Å². The van der Waals surface area contributed by atoms with Crippen molar-refractivity contribution < 1.29 is 19.4 Å². The maximum absolute atomic E-state index is 11.2. The summed E-state index contributed by atoms with van der Waals surface area (Å²) in [5, 5.41) is 9.15. The zero-order chi connectivity index (χ0) is 14.1. The summed E-state index contributed by atoms with van der Waals surface area (Å²) >= 11 is 0. The van der Waals surface area contributed by atoms with Gasteiger partial charge in [0.25, 0.3) is 0 Å². The van der Waals surface area contributed by atoms with Crippen LogP contribution in [0.2, 0.25) is 0 Å². The molecule has 0 amide bonds. The van der Waals surface area contributed by atoms with Crippen LogP contribution in [0.4, 0.5) is 0 Å². The van der Waals surface area contributed by atoms with Gasteiger partial charge in [0.1, 0.15) is 5.92 Å².